The van der Waals surface area contributed by atoms with Crippen LogP contribution in [0, 0.1) is 60.6 Å². The zero-order valence-electron chi connectivity index (χ0n) is 79.5. The number of anilines is 18. The molecule has 20 aromatic rings. The minimum Gasteiger partial charge on any atom is -0.311 e. The van der Waals surface area contributed by atoms with Gasteiger partial charge in [-0.05, 0) is 342 Å². The average molecular weight is 2160 g/mol. The summed E-state index contributed by atoms with van der Waals surface area (Å²) in [5, 5.41) is 2.39. The van der Waals surface area contributed by atoms with Gasteiger partial charge in [-0.15, -0.1) is 71.8 Å². The average Bonchev–Trinajstić information content (AvgIpc) is 0.754. The molecule has 18 aromatic carbocycles. The van der Waals surface area contributed by atoms with E-state index >= 15 is 0 Å². The second kappa shape index (κ2) is 46.4. The molecule has 8 nitrogen and oxygen atoms in total. The van der Waals surface area contributed by atoms with Gasteiger partial charge in [-0.3, -0.25) is 0 Å². The van der Waals surface area contributed by atoms with Crippen molar-refractivity contribution in [2.45, 2.75) is 86.0 Å². The first-order valence-corrected chi connectivity index (χ1v) is 47.4. The first kappa shape index (κ1) is 96.7. The number of para-hydroxylation sites is 3. The van der Waals surface area contributed by atoms with E-state index in [1.165, 1.54) is 127 Å². The normalized spacial score (nSPS) is 11.6. The maximum absolute atomic E-state index is 4.45. The van der Waals surface area contributed by atoms with Crippen LogP contribution in [0.15, 0.2) is 492 Å². The Bertz CT molecular complexity index is 6660. The van der Waals surface area contributed by atoms with Crippen LogP contribution < -0.4 is 29.4 Å². The summed E-state index contributed by atoms with van der Waals surface area (Å²) in [5.41, 5.74) is 35.8. The van der Waals surface area contributed by atoms with E-state index in [-0.39, 0.29) is 45.6 Å². The van der Waals surface area contributed by atoms with Gasteiger partial charge in [-0.1, -0.05) is 242 Å². The summed E-state index contributed by atoms with van der Waals surface area (Å²) in [6.07, 6.45) is 9.79. The van der Waals surface area contributed by atoms with Crippen LogP contribution >= 0.6 is 0 Å². The van der Waals surface area contributed by atoms with Crippen molar-refractivity contribution < 1.29 is 40.2 Å². The van der Waals surface area contributed by atoms with E-state index in [0.717, 1.165) is 90.8 Å². The SMILES string of the molecule is Cc1ccc(N(c2ccc(C)cc2)c2ccc(C3(c4ccc(N(c5ccc(C)cc5)c5ccc(C)cc5)cc4)CCCCC3)cc2)cc1.Cc1cccc(N(c2ccccc2)c2ccc(N(c3ccc(N(c4ccccc4)c4cccc(C)c4)cc3)c3ccc(N(c4ccccc4)c4cccc(C)c4)cc3)cc2)c1.[Ir].[Ir].[c-]1ccccc1-c1ccccn1.[c-]1ccccc1-c1nccc2ccccc12. The van der Waals surface area contributed by atoms with Crippen molar-refractivity contribution in [2.24, 2.45) is 0 Å². The smallest absolute Gasteiger partial charge is 0.0464 e. The Morgan fingerprint density at radius 3 is 0.791 bits per heavy atom. The van der Waals surface area contributed by atoms with Gasteiger partial charge in [0.25, 0.3) is 0 Å². The molecule has 0 aliphatic heterocycles. The molecule has 0 N–H and O–H groups in total. The standard InChI is InChI=1S/C57H48N4.C46H46N2.C15H10N.C11H8N.2Ir/c1-43-16-13-25-55(40-43)59(46-19-7-4-8-20-46)52-34-28-49(29-35-52)58(50-30-36-53(37-31-50)60(47-21-9-5-10-22-47)56-26-14-17-44(2)41-56)51-32-38-54(39-33-51)61(48-23-11-6-12-24-48)57-27-15-18-45(3)42-57;1-34-8-20-40(21-9-34)47(41-22-10-35(2)11-23-41)44-28-16-38(17-29-44)46(32-6-5-7-33-46)39-18-30-45(31-19-39)48(42-24-12-36(3)13-25-42)43-26-14-37(4)15-27-43;1-2-7-13(8-3-1)15-14-9-5-4-6-12(14)10-11-16-15;1-2-6-10(7-3-1)11-8-4-5-9-12-11;;/h4-42H,1-3H3;8-31H,5-7,32-33H2,1-4H3;1-7,9-11H;1-6,8-9H;;/q;;2*-1;;. The third kappa shape index (κ3) is 23.5. The quantitative estimate of drug-likeness (QED) is 0.0622. The van der Waals surface area contributed by atoms with Gasteiger partial charge in [0.1, 0.15) is 0 Å². The Kier molecular flexibility index (Phi) is 32.3. The molecule has 1 saturated carbocycles. The summed E-state index contributed by atoms with van der Waals surface area (Å²) in [5.74, 6) is 0. The second-order valence-electron chi connectivity index (χ2n) is 35.3. The molecule has 0 saturated heterocycles. The number of benzene rings is 18. The Hall–Kier alpha value is -15.4. The van der Waals surface area contributed by atoms with Crippen LogP contribution in [-0.4, -0.2) is 9.97 Å². The number of pyridine rings is 2. The molecule has 10 heteroatoms. The maximum Gasteiger partial charge on any atom is 0.0464 e. The topological polar surface area (TPSA) is 45.2 Å². The number of nitrogens with zero attached hydrogens (tertiary/aromatic N) is 8. The van der Waals surface area contributed by atoms with E-state index in [1.54, 1.807) is 6.20 Å². The van der Waals surface area contributed by atoms with Crippen molar-refractivity contribution in [1.29, 1.82) is 0 Å². The van der Waals surface area contributed by atoms with Gasteiger partial charge in [0.15, 0.2) is 0 Å². The fourth-order valence-corrected chi connectivity index (χ4v) is 18.5. The van der Waals surface area contributed by atoms with Crippen molar-refractivity contribution in [3.8, 4) is 22.5 Å². The Balaban J connectivity index is 0.000000156. The first-order valence-electron chi connectivity index (χ1n) is 47.4. The zero-order valence-corrected chi connectivity index (χ0v) is 84.3. The molecule has 1 fully saturated rings. The summed E-state index contributed by atoms with van der Waals surface area (Å²) in [7, 11) is 0. The number of rotatable bonds is 22. The molecule has 1 aliphatic rings. The molecule has 0 atom stereocenters. The molecule has 0 spiro atoms. The van der Waals surface area contributed by atoms with E-state index in [2.05, 4.69) is 494 Å². The zero-order chi connectivity index (χ0) is 93.7. The van der Waals surface area contributed by atoms with Crippen LogP contribution in [0.1, 0.15) is 82.2 Å². The van der Waals surface area contributed by atoms with Crippen LogP contribution in [0.2, 0.25) is 0 Å². The fourth-order valence-electron chi connectivity index (χ4n) is 18.5. The predicted molar refractivity (Wildman–Crippen MR) is 579 cm³/mol. The molecule has 0 bridgehead atoms. The summed E-state index contributed by atoms with van der Waals surface area (Å²) in [6.45, 7) is 15.0. The van der Waals surface area contributed by atoms with E-state index in [9.17, 15) is 0 Å². The molecule has 2 radical (unpaired) electrons. The Labute approximate surface area is 848 Å². The minimum atomic E-state index is 0. The number of hydrogen-bond acceptors (Lipinski definition) is 8. The largest absolute Gasteiger partial charge is 0.311 e. The first-order chi connectivity index (χ1) is 67.3. The van der Waals surface area contributed by atoms with Crippen molar-refractivity contribution in [3.63, 3.8) is 0 Å². The van der Waals surface area contributed by atoms with E-state index in [0.29, 0.717) is 0 Å². The van der Waals surface area contributed by atoms with E-state index in [1.807, 2.05) is 91.1 Å². The molecular weight excluding hydrogens is 2050 g/mol. The molecule has 21 rings (SSSR count). The molecule has 2 aromatic heterocycles. The summed E-state index contributed by atoms with van der Waals surface area (Å²) in [4.78, 5) is 22.7. The summed E-state index contributed by atoms with van der Waals surface area (Å²) in [6, 6.07) is 177. The van der Waals surface area contributed by atoms with Gasteiger partial charge in [0.05, 0.1) is 0 Å². The molecule has 688 valence electrons. The number of fused-ring (bicyclic) bond motifs is 1. The maximum atomic E-state index is 4.45. The van der Waals surface area contributed by atoms with Crippen LogP contribution in [0.25, 0.3) is 33.3 Å². The van der Waals surface area contributed by atoms with Crippen LogP contribution in [0.5, 0.6) is 0 Å². The number of hydrogen-bond donors (Lipinski definition) is 0. The van der Waals surface area contributed by atoms with Crippen LogP contribution in [0.4, 0.5) is 102 Å². The van der Waals surface area contributed by atoms with Gasteiger partial charge in [0.2, 0.25) is 0 Å². The monoisotopic (exact) mass is 2160 g/mol. The molecule has 0 amide bonds. The fraction of sp³-hybridized carbons (Fsp3) is 0.101. The van der Waals surface area contributed by atoms with Crippen molar-refractivity contribution >= 4 is 113 Å². The van der Waals surface area contributed by atoms with E-state index in [4.69, 9.17) is 0 Å². The summed E-state index contributed by atoms with van der Waals surface area (Å²) >= 11 is 0. The Morgan fingerprint density at radius 1 is 0.209 bits per heavy atom. The third-order valence-corrected chi connectivity index (χ3v) is 25.4. The second-order valence-corrected chi connectivity index (χ2v) is 35.3. The minimum absolute atomic E-state index is 0. The summed E-state index contributed by atoms with van der Waals surface area (Å²) < 4.78 is 0. The molecule has 0 unspecified atom stereocenters. The van der Waals surface area contributed by atoms with Crippen molar-refractivity contribution in [3.05, 3.63) is 554 Å². The number of aromatic nitrogens is 2. The molecular formula is C129H112Ir2N8-2. The van der Waals surface area contributed by atoms with Gasteiger partial charge in [-0.25, -0.2) is 0 Å². The van der Waals surface area contributed by atoms with Gasteiger partial charge < -0.3 is 39.4 Å². The van der Waals surface area contributed by atoms with Gasteiger partial charge in [0, 0.05) is 160 Å². The van der Waals surface area contributed by atoms with Crippen molar-refractivity contribution in [2.75, 3.05) is 29.4 Å². The van der Waals surface area contributed by atoms with Crippen molar-refractivity contribution in [1.82, 2.24) is 9.97 Å². The third-order valence-electron chi connectivity index (χ3n) is 25.4. The van der Waals surface area contributed by atoms with Crippen LogP contribution in [-0.2, 0) is 45.6 Å². The Morgan fingerprint density at radius 2 is 0.482 bits per heavy atom. The van der Waals surface area contributed by atoms with Gasteiger partial charge >= 0.3 is 0 Å². The molecule has 2 heterocycles. The number of aryl methyl sites for hydroxylation is 7. The predicted octanol–water partition coefficient (Wildman–Crippen LogP) is 35.8. The van der Waals surface area contributed by atoms with Gasteiger partial charge in [-0.2, -0.15) is 0 Å². The molecule has 139 heavy (non-hydrogen) atoms. The van der Waals surface area contributed by atoms with Crippen LogP contribution in [0.3, 0.4) is 0 Å². The van der Waals surface area contributed by atoms with E-state index < -0.39 is 0 Å². The molecule has 1 aliphatic carbocycles.